The minimum absolute atomic E-state index is 0.299. The topological polar surface area (TPSA) is 34.4 Å². The van der Waals surface area contributed by atoms with Crippen LogP contribution in [-0.2, 0) is 6.42 Å². The van der Waals surface area contributed by atoms with Gasteiger partial charge in [-0.05, 0) is 56.0 Å². The van der Waals surface area contributed by atoms with Crippen LogP contribution in [0.2, 0.25) is 0 Å². The zero-order valence-corrected chi connectivity index (χ0v) is 11.9. The molecule has 3 rings (SSSR count). The van der Waals surface area contributed by atoms with Gasteiger partial charge >= 0.3 is 0 Å². The molecule has 3 heteroatoms. The van der Waals surface area contributed by atoms with Crippen molar-refractivity contribution in [3.05, 3.63) is 47.8 Å². The summed E-state index contributed by atoms with van der Waals surface area (Å²) in [6.45, 7) is 2.86. The molecular formula is C17H21NO2. The Morgan fingerprint density at radius 3 is 2.80 bits per heavy atom. The minimum Gasteiger partial charge on any atom is -0.494 e. The number of aliphatic hydroxyl groups is 1. The molecule has 1 aromatic carbocycles. The summed E-state index contributed by atoms with van der Waals surface area (Å²) < 4.78 is 7.79. The third-order valence-electron chi connectivity index (χ3n) is 3.87. The van der Waals surface area contributed by atoms with E-state index in [-0.39, 0.29) is 6.10 Å². The van der Waals surface area contributed by atoms with Crippen LogP contribution in [0.15, 0.2) is 36.5 Å². The molecule has 106 valence electrons. The SMILES string of the molecule is CCCOc1ccc(-n2ccc3c2CCCC3O)cc1. The third kappa shape index (κ3) is 2.46. The third-order valence-corrected chi connectivity index (χ3v) is 3.87. The van der Waals surface area contributed by atoms with E-state index in [1.54, 1.807) is 0 Å². The second kappa shape index (κ2) is 5.71. The van der Waals surface area contributed by atoms with E-state index in [1.807, 2.05) is 18.2 Å². The first-order valence-corrected chi connectivity index (χ1v) is 7.41. The fourth-order valence-corrected chi connectivity index (χ4v) is 2.83. The van der Waals surface area contributed by atoms with Crippen LogP contribution in [0.5, 0.6) is 5.75 Å². The van der Waals surface area contributed by atoms with Gasteiger partial charge in [0.2, 0.25) is 0 Å². The Kier molecular flexibility index (Phi) is 3.79. The van der Waals surface area contributed by atoms with Crippen LogP contribution >= 0.6 is 0 Å². The summed E-state index contributed by atoms with van der Waals surface area (Å²) in [6, 6.07) is 10.2. The lowest BCUT2D eigenvalue weighted by atomic mass is 9.95. The Balaban J connectivity index is 1.86. The maximum absolute atomic E-state index is 10.0. The molecule has 0 radical (unpaired) electrons. The molecule has 0 saturated carbocycles. The van der Waals surface area contributed by atoms with E-state index < -0.39 is 0 Å². The zero-order valence-electron chi connectivity index (χ0n) is 11.9. The Labute approximate surface area is 119 Å². The molecule has 0 aliphatic heterocycles. The van der Waals surface area contributed by atoms with E-state index in [0.29, 0.717) is 0 Å². The fourth-order valence-electron chi connectivity index (χ4n) is 2.83. The Hall–Kier alpha value is -1.74. The summed E-state index contributed by atoms with van der Waals surface area (Å²) in [5.41, 5.74) is 3.46. The van der Waals surface area contributed by atoms with Crippen LogP contribution in [0.3, 0.4) is 0 Å². The van der Waals surface area contributed by atoms with E-state index in [2.05, 4.69) is 29.8 Å². The molecule has 0 bridgehead atoms. The number of hydrogen-bond donors (Lipinski definition) is 1. The summed E-state index contributed by atoms with van der Waals surface area (Å²) in [5, 5.41) is 10.0. The Morgan fingerprint density at radius 2 is 2.05 bits per heavy atom. The monoisotopic (exact) mass is 271 g/mol. The molecule has 0 saturated heterocycles. The summed E-state index contributed by atoms with van der Waals surface area (Å²) in [4.78, 5) is 0. The molecule has 0 amide bonds. The molecule has 1 aliphatic rings. The van der Waals surface area contributed by atoms with E-state index in [1.165, 1.54) is 5.69 Å². The van der Waals surface area contributed by atoms with Gasteiger partial charge in [-0.25, -0.2) is 0 Å². The van der Waals surface area contributed by atoms with Crippen LogP contribution in [0.4, 0.5) is 0 Å². The summed E-state index contributed by atoms with van der Waals surface area (Å²) in [7, 11) is 0. The second-order valence-electron chi connectivity index (χ2n) is 5.34. The van der Waals surface area contributed by atoms with E-state index in [4.69, 9.17) is 4.74 Å². The van der Waals surface area contributed by atoms with Crippen LogP contribution in [0.25, 0.3) is 5.69 Å². The Bertz CT molecular complexity index is 571. The van der Waals surface area contributed by atoms with Crippen LogP contribution < -0.4 is 4.74 Å². The molecular weight excluding hydrogens is 250 g/mol. The highest BCUT2D eigenvalue weighted by Gasteiger charge is 2.21. The lowest BCUT2D eigenvalue weighted by molar-refractivity contribution is 0.156. The number of aromatic nitrogens is 1. The van der Waals surface area contributed by atoms with Gasteiger partial charge in [0.25, 0.3) is 0 Å². The van der Waals surface area contributed by atoms with Gasteiger partial charge in [0, 0.05) is 23.1 Å². The van der Waals surface area contributed by atoms with Crippen molar-refractivity contribution in [1.82, 2.24) is 4.57 Å². The van der Waals surface area contributed by atoms with E-state index >= 15 is 0 Å². The molecule has 2 aromatic rings. The number of rotatable bonds is 4. The van der Waals surface area contributed by atoms with Gasteiger partial charge in [0.15, 0.2) is 0 Å². The first kappa shape index (κ1) is 13.3. The molecule has 1 aliphatic carbocycles. The molecule has 0 fully saturated rings. The molecule has 1 heterocycles. The minimum atomic E-state index is -0.299. The van der Waals surface area contributed by atoms with Gasteiger partial charge in [-0.2, -0.15) is 0 Å². The number of fused-ring (bicyclic) bond motifs is 1. The first-order chi connectivity index (χ1) is 9.79. The highest BCUT2D eigenvalue weighted by molar-refractivity contribution is 5.42. The van der Waals surface area contributed by atoms with Crippen molar-refractivity contribution >= 4 is 0 Å². The quantitative estimate of drug-likeness (QED) is 0.921. The smallest absolute Gasteiger partial charge is 0.119 e. The van der Waals surface area contributed by atoms with Gasteiger partial charge in [-0.15, -0.1) is 0 Å². The number of nitrogens with zero attached hydrogens (tertiary/aromatic N) is 1. The average Bonchev–Trinajstić information content (AvgIpc) is 2.91. The molecule has 0 spiro atoms. The highest BCUT2D eigenvalue weighted by atomic mass is 16.5. The van der Waals surface area contributed by atoms with Gasteiger partial charge < -0.3 is 14.4 Å². The van der Waals surface area contributed by atoms with E-state index in [9.17, 15) is 5.11 Å². The Morgan fingerprint density at radius 1 is 1.25 bits per heavy atom. The van der Waals surface area contributed by atoms with Gasteiger partial charge in [0.1, 0.15) is 5.75 Å². The lowest BCUT2D eigenvalue weighted by Crippen LogP contribution is -2.10. The first-order valence-electron chi connectivity index (χ1n) is 7.41. The maximum atomic E-state index is 10.0. The van der Waals surface area contributed by atoms with E-state index in [0.717, 1.165) is 49.3 Å². The largest absolute Gasteiger partial charge is 0.494 e. The van der Waals surface area contributed by atoms with Crippen LogP contribution in [0, 0.1) is 0 Å². The number of ether oxygens (including phenoxy) is 1. The van der Waals surface area contributed by atoms with Crippen molar-refractivity contribution in [2.75, 3.05) is 6.61 Å². The number of benzene rings is 1. The standard InChI is InChI=1S/C17H21NO2/c1-2-12-20-14-8-6-13(7-9-14)18-11-10-15-16(18)4-3-5-17(15)19/h6-11,17,19H,2-5,12H2,1H3. The average molecular weight is 271 g/mol. The molecule has 1 atom stereocenters. The van der Waals surface area contributed by atoms with Gasteiger partial charge in [-0.3, -0.25) is 0 Å². The number of aliphatic hydroxyl groups excluding tert-OH is 1. The molecule has 1 unspecified atom stereocenters. The summed E-state index contributed by atoms with van der Waals surface area (Å²) in [6.07, 6.45) is 5.74. The van der Waals surface area contributed by atoms with Crippen LogP contribution in [-0.4, -0.2) is 16.3 Å². The number of hydrogen-bond acceptors (Lipinski definition) is 2. The zero-order chi connectivity index (χ0) is 13.9. The van der Waals surface area contributed by atoms with Crippen molar-refractivity contribution in [2.45, 2.75) is 38.7 Å². The lowest BCUT2D eigenvalue weighted by Gasteiger charge is -2.20. The van der Waals surface area contributed by atoms with Crippen molar-refractivity contribution < 1.29 is 9.84 Å². The van der Waals surface area contributed by atoms with Gasteiger partial charge in [0.05, 0.1) is 12.7 Å². The molecule has 20 heavy (non-hydrogen) atoms. The highest BCUT2D eigenvalue weighted by Crippen LogP contribution is 2.32. The summed E-state index contributed by atoms with van der Waals surface area (Å²) >= 11 is 0. The predicted octanol–water partition coefficient (Wildman–Crippen LogP) is 3.64. The van der Waals surface area contributed by atoms with Crippen molar-refractivity contribution in [3.63, 3.8) is 0 Å². The second-order valence-corrected chi connectivity index (χ2v) is 5.34. The molecule has 1 N–H and O–H groups in total. The normalized spacial score (nSPS) is 17.8. The van der Waals surface area contributed by atoms with Crippen molar-refractivity contribution in [1.29, 1.82) is 0 Å². The molecule has 3 nitrogen and oxygen atoms in total. The van der Waals surface area contributed by atoms with Crippen molar-refractivity contribution in [3.8, 4) is 11.4 Å². The van der Waals surface area contributed by atoms with Crippen LogP contribution in [0.1, 0.15) is 43.5 Å². The van der Waals surface area contributed by atoms with Crippen molar-refractivity contribution in [2.24, 2.45) is 0 Å². The van der Waals surface area contributed by atoms with Gasteiger partial charge in [-0.1, -0.05) is 6.92 Å². The fraction of sp³-hybridized carbons (Fsp3) is 0.412. The summed E-state index contributed by atoms with van der Waals surface area (Å²) in [5.74, 6) is 0.914. The predicted molar refractivity (Wildman–Crippen MR) is 79.5 cm³/mol. The maximum Gasteiger partial charge on any atom is 0.119 e. The molecule has 1 aromatic heterocycles.